The van der Waals surface area contributed by atoms with Crippen LogP contribution in [0.4, 0.5) is 17.1 Å². The Bertz CT molecular complexity index is 1120. The third kappa shape index (κ3) is 19.8. The molecule has 1 aliphatic heterocycles. The van der Waals surface area contributed by atoms with Crippen molar-refractivity contribution in [1.29, 1.82) is 0 Å². The summed E-state index contributed by atoms with van der Waals surface area (Å²) in [6.07, 6.45) is 2.49. The van der Waals surface area contributed by atoms with Crippen LogP contribution in [0.25, 0.3) is 0 Å². The van der Waals surface area contributed by atoms with Gasteiger partial charge in [0.05, 0.1) is 141 Å². The van der Waals surface area contributed by atoms with Crippen LogP contribution < -0.4 is 5.32 Å². The molecule has 0 spiro atoms. The van der Waals surface area contributed by atoms with Crippen LogP contribution in [0.3, 0.4) is 0 Å². The largest absolute Gasteiger partial charge is 0.377 e. The van der Waals surface area contributed by atoms with E-state index in [4.69, 9.17) is 42.6 Å². The predicted octanol–water partition coefficient (Wildman–Crippen LogP) is 0.989. The van der Waals surface area contributed by atoms with Crippen LogP contribution in [0.15, 0.2) is 30.4 Å². The van der Waals surface area contributed by atoms with E-state index in [0.29, 0.717) is 106 Å². The summed E-state index contributed by atoms with van der Waals surface area (Å²) in [5.74, 6) is -0.640. The number of imide groups is 1. The van der Waals surface area contributed by atoms with E-state index in [9.17, 15) is 29.8 Å². The van der Waals surface area contributed by atoms with Crippen molar-refractivity contribution in [3.63, 3.8) is 0 Å². The van der Waals surface area contributed by atoms with Gasteiger partial charge in [-0.3, -0.25) is 34.7 Å². The van der Waals surface area contributed by atoms with Crippen LogP contribution in [-0.4, -0.2) is 159 Å². The van der Waals surface area contributed by atoms with Gasteiger partial charge in [-0.1, -0.05) is 0 Å². The van der Waals surface area contributed by atoms with Crippen molar-refractivity contribution in [2.45, 2.75) is 0 Å². The maximum absolute atomic E-state index is 11.4. The minimum Gasteiger partial charge on any atom is -0.377 e. The second-order valence-corrected chi connectivity index (χ2v) is 9.82. The van der Waals surface area contributed by atoms with E-state index in [1.165, 1.54) is 24.3 Å². The fraction of sp³-hybridized carbons (Fsp3) is 0.667. The third-order valence-electron chi connectivity index (χ3n) is 6.29. The van der Waals surface area contributed by atoms with Gasteiger partial charge in [0.2, 0.25) is 0 Å². The van der Waals surface area contributed by atoms with Gasteiger partial charge in [-0.05, 0) is 6.07 Å². The van der Waals surface area contributed by atoms with E-state index in [-0.39, 0.29) is 55.2 Å². The van der Waals surface area contributed by atoms with Gasteiger partial charge in [-0.25, -0.2) is 0 Å². The number of carbonyl (C=O) groups excluding carboxylic acids is 2. The Balaban J connectivity index is 1.22. The van der Waals surface area contributed by atoms with Crippen molar-refractivity contribution in [3.8, 4) is 0 Å². The van der Waals surface area contributed by atoms with Crippen molar-refractivity contribution < 1.29 is 62.1 Å². The highest BCUT2D eigenvalue weighted by Crippen LogP contribution is 2.28. The Morgan fingerprint density at radius 1 is 0.531 bits per heavy atom. The molecule has 0 aliphatic carbocycles. The molecule has 276 valence electrons. The SMILES string of the molecule is O=C1C=CC(=O)N1CCOCCOCCOCCOCCOCCOCCOCCOCCOCCNc1ccc([N+](=O)[O-])cc1[N+](=O)[O-]. The number of anilines is 1. The number of rotatable bonds is 33. The van der Waals surface area contributed by atoms with Gasteiger partial charge in [0.25, 0.3) is 23.2 Å². The quantitative estimate of drug-likeness (QED) is 0.0467. The number of nitro groups is 2. The first-order valence-corrected chi connectivity index (χ1v) is 15.8. The molecule has 1 aliphatic rings. The number of carbonyl (C=O) groups is 2. The van der Waals surface area contributed by atoms with E-state index in [1.807, 2.05) is 0 Å². The highest BCUT2D eigenvalue weighted by molar-refractivity contribution is 6.12. The molecule has 1 aromatic carbocycles. The van der Waals surface area contributed by atoms with E-state index >= 15 is 0 Å². The number of hydrogen-bond donors (Lipinski definition) is 1. The lowest BCUT2D eigenvalue weighted by molar-refractivity contribution is -0.393. The number of nitrogens with one attached hydrogen (secondary N) is 1. The molecular formula is C30H46N4O15. The molecule has 1 heterocycles. The van der Waals surface area contributed by atoms with Gasteiger partial charge in [-0.2, -0.15) is 0 Å². The van der Waals surface area contributed by atoms with Gasteiger partial charge in [0, 0.05) is 24.8 Å². The first kappa shape index (κ1) is 41.5. The number of non-ortho nitro benzene ring substituents is 1. The second-order valence-electron chi connectivity index (χ2n) is 9.82. The Kier molecular flexibility index (Phi) is 23.0. The van der Waals surface area contributed by atoms with Crippen molar-refractivity contribution in [3.05, 3.63) is 50.6 Å². The number of amides is 2. The average Bonchev–Trinajstić information content (AvgIpc) is 3.41. The van der Waals surface area contributed by atoms with E-state index in [1.54, 1.807) is 0 Å². The lowest BCUT2D eigenvalue weighted by Crippen LogP contribution is -2.33. The Hall–Kier alpha value is -3.66. The molecule has 0 bridgehead atoms. The standard InChI is InChI=1S/C30H46N4O15/c35-29-3-4-30(36)32(29)6-8-42-10-12-44-14-16-46-18-20-48-22-24-49-23-21-47-19-17-45-15-13-43-11-9-41-7-5-31-27-2-1-26(33(37)38)25-28(27)34(39)40/h1-4,25,31H,5-24H2. The van der Waals surface area contributed by atoms with Gasteiger partial charge < -0.3 is 47.9 Å². The first-order chi connectivity index (χ1) is 23.9. The Labute approximate surface area is 283 Å². The second kappa shape index (κ2) is 27.2. The number of nitro benzene ring substituents is 2. The summed E-state index contributed by atoms with van der Waals surface area (Å²) in [4.78, 5) is 44.5. The fourth-order valence-corrected chi connectivity index (χ4v) is 3.86. The van der Waals surface area contributed by atoms with Gasteiger partial charge >= 0.3 is 0 Å². The van der Waals surface area contributed by atoms with E-state index in [0.717, 1.165) is 11.0 Å². The van der Waals surface area contributed by atoms with Crippen LogP contribution in [0, 0.1) is 20.2 Å². The molecule has 0 atom stereocenters. The normalized spacial score (nSPS) is 12.7. The summed E-state index contributed by atoms with van der Waals surface area (Å²) in [6, 6.07) is 3.41. The zero-order valence-corrected chi connectivity index (χ0v) is 27.5. The van der Waals surface area contributed by atoms with E-state index < -0.39 is 9.85 Å². The van der Waals surface area contributed by atoms with Gasteiger partial charge in [0.15, 0.2) is 0 Å². The monoisotopic (exact) mass is 702 g/mol. The number of nitrogens with zero attached hydrogens (tertiary/aromatic N) is 3. The Morgan fingerprint density at radius 2 is 0.898 bits per heavy atom. The summed E-state index contributed by atoms with van der Waals surface area (Å²) in [6.45, 7) is 7.62. The number of hydrogen-bond acceptors (Lipinski definition) is 16. The lowest BCUT2D eigenvalue weighted by Gasteiger charge is -2.13. The minimum absolute atomic E-state index is 0.179. The van der Waals surface area contributed by atoms with Crippen LogP contribution >= 0.6 is 0 Å². The average molecular weight is 703 g/mol. The highest BCUT2D eigenvalue weighted by atomic mass is 16.6. The molecule has 0 saturated carbocycles. The van der Waals surface area contributed by atoms with E-state index in [2.05, 4.69) is 5.32 Å². The third-order valence-corrected chi connectivity index (χ3v) is 6.29. The van der Waals surface area contributed by atoms with Crippen LogP contribution in [0.5, 0.6) is 0 Å². The molecule has 0 radical (unpaired) electrons. The molecule has 19 nitrogen and oxygen atoms in total. The van der Waals surface area contributed by atoms with Crippen molar-refractivity contribution in [2.75, 3.05) is 137 Å². The summed E-state index contributed by atoms with van der Waals surface area (Å²) in [7, 11) is 0. The predicted molar refractivity (Wildman–Crippen MR) is 171 cm³/mol. The zero-order valence-electron chi connectivity index (χ0n) is 27.5. The molecule has 0 saturated heterocycles. The molecule has 19 heteroatoms. The molecular weight excluding hydrogens is 656 g/mol. The molecule has 1 aromatic rings. The topological polar surface area (TPSA) is 219 Å². The van der Waals surface area contributed by atoms with Gasteiger partial charge in [0.1, 0.15) is 5.69 Å². The van der Waals surface area contributed by atoms with Gasteiger partial charge in [-0.15, -0.1) is 0 Å². The van der Waals surface area contributed by atoms with Crippen LogP contribution in [0.2, 0.25) is 0 Å². The zero-order chi connectivity index (χ0) is 35.4. The molecule has 49 heavy (non-hydrogen) atoms. The Morgan fingerprint density at radius 3 is 1.27 bits per heavy atom. The smallest absolute Gasteiger partial charge is 0.299 e. The summed E-state index contributed by atoms with van der Waals surface area (Å²) >= 11 is 0. The molecule has 1 N–H and O–H groups in total. The first-order valence-electron chi connectivity index (χ1n) is 15.8. The summed E-state index contributed by atoms with van der Waals surface area (Å²) in [5.41, 5.74) is -0.544. The molecule has 0 fully saturated rings. The maximum atomic E-state index is 11.4. The summed E-state index contributed by atoms with van der Waals surface area (Å²) < 4.78 is 48.7. The lowest BCUT2D eigenvalue weighted by atomic mass is 10.2. The molecule has 0 unspecified atom stereocenters. The highest BCUT2D eigenvalue weighted by Gasteiger charge is 2.22. The van der Waals surface area contributed by atoms with Crippen LogP contribution in [0.1, 0.15) is 0 Å². The summed E-state index contributed by atoms with van der Waals surface area (Å²) in [5, 5.41) is 24.8. The number of ether oxygens (including phenoxy) is 9. The minimum atomic E-state index is -0.686. The van der Waals surface area contributed by atoms with Crippen LogP contribution in [-0.2, 0) is 52.2 Å². The molecule has 2 amide bonds. The van der Waals surface area contributed by atoms with Crippen molar-refractivity contribution in [2.24, 2.45) is 0 Å². The van der Waals surface area contributed by atoms with Crippen molar-refractivity contribution in [1.82, 2.24) is 4.90 Å². The molecule has 2 rings (SSSR count). The molecule has 0 aromatic heterocycles. The van der Waals surface area contributed by atoms with Crippen molar-refractivity contribution >= 4 is 28.9 Å². The number of benzene rings is 1. The fourth-order valence-electron chi connectivity index (χ4n) is 3.86. The maximum Gasteiger partial charge on any atom is 0.299 e.